The molecule has 4 nitrogen and oxygen atoms in total. The Hall–Kier alpha value is -2.49. The van der Waals surface area contributed by atoms with Gasteiger partial charge in [0, 0.05) is 0 Å². The maximum absolute atomic E-state index is 12.0. The predicted octanol–water partition coefficient (Wildman–Crippen LogP) is 2.89. The van der Waals surface area contributed by atoms with Crippen LogP contribution >= 0.6 is 0 Å². The van der Waals surface area contributed by atoms with Crippen LogP contribution in [0.4, 0.5) is 5.69 Å². The summed E-state index contributed by atoms with van der Waals surface area (Å²) in [6.07, 6.45) is 0.287. The lowest BCUT2D eigenvalue weighted by molar-refractivity contribution is -0.115. The van der Waals surface area contributed by atoms with Crippen molar-refractivity contribution in [3.8, 4) is 11.5 Å². The van der Waals surface area contributed by atoms with E-state index in [9.17, 15) is 4.79 Å². The van der Waals surface area contributed by atoms with E-state index in [4.69, 9.17) is 9.47 Å². The Bertz CT molecular complexity index is 596. The van der Waals surface area contributed by atoms with Gasteiger partial charge in [-0.1, -0.05) is 24.3 Å². The number of anilines is 1. The Morgan fingerprint density at radius 3 is 2.60 bits per heavy atom. The molecule has 0 saturated carbocycles. The third-order valence-corrected chi connectivity index (χ3v) is 2.88. The molecule has 0 aliphatic rings. The SMILES string of the molecule is COc1cccc(CC(=O)Nc2ccccc2OC)c1. The van der Waals surface area contributed by atoms with E-state index in [2.05, 4.69) is 5.32 Å². The summed E-state index contributed by atoms with van der Waals surface area (Å²) in [5, 5.41) is 2.84. The van der Waals surface area contributed by atoms with Gasteiger partial charge in [-0.2, -0.15) is 0 Å². The molecule has 2 aromatic carbocycles. The normalized spacial score (nSPS) is 9.90. The van der Waals surface area contributed by atoms with Gasteiger partial charge in [0.25, 0.3) is 0 Å². The molecule has 1 N–H and O–H groups in total. The van der Waals surface area contributed by atoms with Gasteiger partial charge >= 0.3 is 0 Å². The summed E-state index contributed by atoms with van der Waals surface area (Å²) < 4.78 is 10.3. The molecule has 0 spiro atoms. The van der Waals surface area contributed by atoms with E-state index in [1.165, 1.54) is 0 Å². The van der Waals surface area contributed by atoms with E-state index in [1.54, 1.807) is 20.3 Å². The van der Waals surface area contributed by atoms with Crippen molar-refractivity contribution < 1.29 is 14.3 Å². The fraction of sp³-hybridized carbons (Fsp3) is 0.188. The van der Waals surface area contributed by atoms with Crippen LogP contribution in [0.25, 0.3) is 0 Å². The molecular formula is C16H17NO3. The Labute approximate surface area is 118 Å². The van der Waals surface area contributed by atoms with Crippen LogP contribution in [0.15, 0.2) is 48.5 Å². The first kappa shape index (κ1) is 13.9. The molecule has 1 amide bonds. The minimum absolute atomic E-state index is 0.0947. The lowest BCUT2D eigenvalue weighted by atomic mass is 10.1. The number of hydrogen-bond donors (Lipinski definition) is 1. The third-order valence-electron chi connectivity index (χ3n) is 2.88. The monoisotopic (exact) mass is 271 g/mol. The minimum atomic E-state index is -0.0947. The smallest absolute Gasteiger partial charge is 0.228 e. The molecule has 0 aromatic heterocycles. The number of para-hydroxylation sites is 2. The van der Waals surface area contributed by atoms with Gasteiger partial charge in [-0.3, -0.25) is 4.79 Å². The maximum Gasteiger partial charge on any atom is 0.228 e. The number of nitrogens with one attached hydrogen (secondary N) is 1. The summed E-state index contributed by atoms with van der Waals surface area (Å²) in [4.78, 5) is 12.0. The average Bonchev–Trinajstić information content (AvgIpc) is 2.48. The Morgan fingerprint density at radius 1 is 1.05 bits per heavy atom. The molecule has 104 valence electrons. The van der Waals surface area contributed by atoms with Crippen molar-refractivity contribution in [1.82, 2.24) is 0 Å². The molecule has 2 rings (SSSR count). The third kappa shape index (κ3) is 3.51. The van der Waals surface area contributed by atoms with Gasteiger partial charge in [0.1, 0.15) is 11.5 Å². The van der Waals surface area contributed by atoms with Crippen LogP contribution < -0.4 is 14.8 Å². The minimum Gasteiger partial charge on any atom is -0.497 e. The van der Waals surface area contributed by atoms with Crippen molar-refractivity contribution in [2.45, 2.75) is 6.42 Å². The van der Waals surface area contributed by atoms with E-state index in [0.29, 0.717) is 11.4 Å². The number of carbonyl (C=O) groups is 1. The fourth-order valence-corrected chi connectivity index (χ4v) is 1.91. The lowest BCUT2D eigenvalue weighted by Gasteiger charge is -2.10. The molecule has 0 bridgehead atoms. The van der Waals surface area contributed by atoms with E-state index in [1.807, 2.05) is 42.5 Å². The van der Waals surface area contributed by atoms with Gasteiger partial charge in [0.05, 0.1) is 26.3 Å². The first-order valence-corrected chi connectivity index (χ1v) is 6.28. The van der Waals surface area contributed by atoms with E-state index in [0.717, 1.165) is 11.3 Å². The van der Waals surface area contributed by atoms with Crippen LogP contribution in [0.1, 0.15) is 5.56 Å². The topological polar surface area (TPSA) is 47.6 Å². The highest BCUT2D eigenvalue weighted by molar-refractivity contribution is 5.93. The summed E-state index contributed by atoms with van der Waals surface area (Å²) in [6.45, 7) is 0. The molecular weight excluding hydrogens is 254 g/mol. The van der Waals surface area contributed by atoms with Crippen LogP contribution in [0, 0.1) is 0 Å². The molecule has 0 aliphatic heterocycles. The van der Waals surface area contributed by atoms with Crippen molar-refractivity contribution in [1.29, 1.82) is 0 Å². The summed E-state index contributed by atoms with van der Waals surface area (Å²) in [5.41, 5.74) is 1.57. The zero-order valence-electron chi connectivity index (χ0n) is 11.6. The second kappa shape index (κ2) is 6.61. The second-order valence-electron chi connectivity index (χ2n) is 4.28. The fourth-order valence-electron chi connectivity index (χ4n) is 1.91. The molecule has 0 atom stereocenters. The van der Waals surface area contributed by atoms with Gasteiger partial charge < -0.3 is 14.8 Å². The number of ether oxygens (including phenoxy) is 2. The highest BCUT2D eigenvalue weighted by atomic mass is 16.5. The lowest BCUT2D eigenvalue weighted by Crippen LogP contribution is -2.15. The maximum atomic E-state index is 12.0. The van der Waals surface area contributed by atoms with Crippen LogP contribution in [0.2, 0.25) is 0 Å². The molecule has 0 aliphatic carbocycles. The van der Waals surface area contributed by atoms with Gasteiger partial charge in [0.2, 0.25) is 5.91 Å². The van der Waals surface area contributed by atoms with Crippen molar-refractivity contribution in [2.75, 3.05) is 19.5 Å². The molecule has 0 unspecified atom stereocenters. The highest BCUT2D eigenvalue weighted by Gasteiger charge is 2.08. The second-order valence-corrected chi connectivity index (χ2v) is 4.28. The number of methoxy groups -OCH3 is 2. The summed E-state index contributed by atoms with van der Waals surface area (Å²) in [7, 11) is 3.18. The number of benzene rings is 2. The number of rotatable bonds is 5. The number of amides is 1. The first-order chi connectivity index (χ1) is 9.72. The van der Waals surface area contributed by atoms with Crippen LogP contribution in [-0.4, -0.2) is 20.1 Å². The summed E-state index contributed by atoms with van der Waals surface area (Å²) in [6, 6.07) is 14.8. The summed E-state index contributed by atoms with van der Waals surface area (Å²) in [5.74, 6) is 1.29. The van der Waals surface area contributed by atoms with Crippen molar-refractivity contribution in [3.05, 3.63) is 54.1 Å². The Kier molecular flexibility index (Phi) is 4.60. The molecule has 0 radical (unpaired) electrons. The van der Waals surface area contributed by atoms with E-state index in [-0.39, 0.29) is 12.3 Å². The number of hydrogen-bond acceptors (Lipinski definition) is 3. The van der Waals surface area contributed by atoms with Crippen LogP contribution in [0.3, 0.4) is 0 Å². The van der Waals surface area contributed by atoms with Gasteiger partial charge in [-0.25, -0.2) is 0 Å². The molecule has 0 saturated heterocycles. The van der Waals surface area contributed by atoms with Crippen molar-refractivity contribution >= 4 is 11.6 Å². The number of carbonyl (C=O) groups excluding carboxylic acids is 1. The molecule has 20 heavy (non-hydrogen) atoms. The van der Waals surface area contributed by atoms with Gasteiger partial charge in [0.15, 0.2) is 0 Å². The summed E-state index contributed by atoms with van der Waals surface area (Å²) >= 11 is 0. The standard InChI is InChI=1S/C16H17NO3/c1-19-13-7-5-6-12(10-13)11-16(18)17-14-8-3-4-9-15(14)20-2/h3-10H,11H2,1-2H3,(H,17,18). The first-order valence-electron chi connectivity index (χ1n) is 6.28. The highest BCUT2D eigenvalue weighted by Crippen LogP contribution is 2.23. The predicted molar refractivity (Wildman–Crippen MR) is 78.3 cm³/mol. The molecule has 2 aromatic rings. The van der Waals surface area contributed by atoms with E-state index >= 15 is 0 Å². The Morgan fingerprint density at radius 2 is 1.85 bits per heavy atom. The van der Waals surface area contributed by atoms with Crippen LogP contribution in [0.5, 0.6) is 11.5 Å². The van der Waals surface area contributed by atoms with Gasteiger partial charge in [-0.05, 0) is 29.8 Å². The van der Waals surface area contributed by atoms with Gasteiger partial charge in [-0.15, -0.1) is 0 Å². The zero-order chi connectivity index (χ0) is 14.4. The van der Waals surface area contributed by atoms with Crippen LogP contribution in [-0.2, 0) is 11.2 Å². The molecule has 4 heteroatoms. The molecule has 0 fully saturated rings. The largest absolute Gasteiger partial charge is 0.497 e. The average molecular weight is 271 g/mol. The quantitative estimate of drug-likeness (QED) is 0.909. The molecule has 0 heterocycles. The zero-order valence-corrected chi connectivity index (χ0v) is 11.6. The van der Waals surface area contributed by atoms with Crippen molar-refractivity contribution in [3.63, 3.8) is 0 Å². The Balaban J connectivity index is 2.05. The van der Waals surface area contributed by atoms with Crippen molar-refractivity contribution in [2.24, 2.45) is 0 Å². The van der Waals surface area contributed by atoms with E-state index < -0.39 is 0 Å².